The Bertz CT molecular complexity index is 1970. The van der Waals surface area contributed by atoms with Gasteiger partial charge in [0.15, 0.2) is 11.7 Å². The van der Waals surface area contributed by atoms with Crippen LogP contribution in [-0.4, -0.2) is 99.0 Å². The van der Waals surface area contributed by atoms with Gasteiger partial charge in [0.1, 0.15) is 35.3 Å². The van der Waals surface area contributed by atoms with Crippen LogP contribution in [0, 0.1) is 22.7 Å². The predicted molar refractivity (Wildman–Crippen MR) is 207 cm³/mol. The van der Waals surface area contributed by atoms with Gasteiger partial charge in [0.2, 0.25) is 0 Å². The summed E-state index contributed by atoms with van der Waals surface area (Å²) in [5.74, 6) is -5.57. The van der Waals surface area contributed by atoms with Gasteiger partial charge in [0, 0.05) is 31.1 Å². The Morgan fingerprint density at radius 2 is 1.57 bits per heavy atom. The molecule has 4 N–H and O–H groups in total. The predicted octanol–water partition coefficient (Wildman–Crippen LogP) is 4.53. The number of aliphatic hydroxyl groups is 3. The molecule has 2 bridgehead atoms. The smallest absolute Gasteiger partial charge is 0.408 e. The first kappa shape index (κ1) is 43.0. The fraction of sp³-hybridized carbons (Fsp3) is 0.568. The number of benzene rings is 2. The molecule has 3 aliphatic carbocycles. The number of ether oxygens (including phenoxy) is 5. The molecule has 11 atom stereocenters. The molecule has 2 aromatic rings. The molecule has 0 spiro atoms. The van der Waals surface area contributed by atoms with Crippen LogP contribution in [0.4, 0.5) is 4.79 Å². The highest BCUT2D eigenvalue weighted by Crippen LogP contribution is 2.65. The van der Waals surface area contributed by atoms with Crippen LogP contribution < -0.4 is 5.32 Å². The average molecular weight is 806 g/mol. The minimum absolute atomic E-state index is 0.0734. The minimum Gasteiger partial charge on any atom is -0.456 e. The summed E-state index contributed by atoms with van der Waals surface area (Å²) in [6, 6.07) is 15.0. The molecular weight excluding hydrogens is 750 g/mol. The molecule has 58 heavy (non-hydrogen) atoms. The number of nitrogens with one attached hydrogen (secondary N) is 1. The summed E-state index contributed by atoms with van der Waals surface area (Å²) in [4.78, 5) is 69.3. The molecule has 1 aliphatic heterocycles. The molecular formula is C44H55NO13. The third-order valence-electron chi connectivity index (χ3n) is 12.9. The summed E-state index contributed by atoms with van der Waals surface area (Å²) >= 11 is 0. The van der Waals surface area contributed by atoms with Crippen molar-refractivity contribution in [3.05, 3.63) is 82.9 Å². The van der Waals surface area contributed by atoms with E-state index in [0.29, 0.717) is 16.7 Å². The van der Waals surface area contributed by atoms with Gasteiger partial charge in [-0.05, 0) is 63.5 Å². The van der Waals surface area contributed by atoms with E-state index in [1.807, 2.05) is 0 Å². The van der Waals surface area contributed by atoms with E-state index in [9.17, 15) is 34.5 Å². The Morgan fingerprint density at radius 3 is 2.12 bits per heavy atom. The Balaban J connectivity index is 1.49. The molecule has 1 saturated heterocycles. The maximum atomic E-state index is 15.2. The largest absolute Gasteiger partial charge is 0.456 e. The zero-order valence-corrected chi connectivity index (χ0v) is 34.4. The number of hydrogen-bond donors (Lipinski definition) is 4. The monoisotopic (exact) mass is 805 g/mol. The van der Waals surface area contributed by atoms with Gasteiger partial charge in [-0.25, -0.2) is 14.4 Å². The van der Waals surface area contributed by atoms with Gasteiger partial charge < -0.3 is 44.3 Å². The maximum absolute atomic E-state index is 15.2. The standard InChI is InChI=1S/C44H55NO13/c1-23-28(55-38(51)33(48)32(26-16-12-10-13-17-26)45-39(52)58-40(4,5)6)21-44(53)36(56-37(50)27-18-14-11-15-19-27)34-42(9,35(49)24(2)31(23)41(44,7)8)29(47)20-30-43(34,22-54-30)57-25(3)46/h10-19,24,28-30,32-34,36,47-48,53H,20-22H2,1-9H3,(H,45,52)/t24-,28+,29+,30-,32+,33-,34?,36+,42-,43+,44-/m1/s1. The number of amides is 1. The van der Waals surface area contributed by atoms with E-state index >= 15 is 4.79 Å². The van der Waals surface area contributed by atoms with E-state index in [1.165, 1.54) is 19.1 Å². The van der Waals surface area contributed by atoms with Crippen molar-refractivity contribution in [1.82, 2.24) is 5.32 Å². The number of rotatable bonds is 8. The van der Waals surface area contributed by atoms with Gasteiger partial charge in [0.05, 0.1) is 35.6 Å². The SMILES string of the molecule is CC(=O)O[C@@]12CO[C@@H]1C[C@H](O)[C@@]1(C)C(=O)[C@H](C)C3=C(C)[C@@H](OC(=O)[C@H](O)[C@@H](NC(=O)OC(C)(C)C)c4ccccc4)C[C@@](O)([C@@H](OC(=O)c4ccccc4)C12)C3(C)C. The molecule has 314 valence electrons. The van der Waals surface area contributed by atoms with Gasteiger partial charge in [-0.1, -0.05) is 69.3 Å². The molecule has 0 aromatic heterocycles. The molecule has 2 saturated carbocycles. The zero-order chi connectivity index (χ0) is 42.7. The second kappa shape index (κ2) is 15.2. The van der Waals surface area contributed by atoms with Crippen LogP contribution in [0.3, 0.4) is 0 Å². The van der Waals surface area contributed by atoms with Crippen molar-refractivity contribution in [3.63, 3.8) is 0 Å². The highest BCUT2D eigenvalue weighted by molar-refractivity contribution is 5.92. The number of esters is 3. The van der Waals surface area contributed by atoms with Crippen molar-refractivity contribution in [2.75, 3.05) is 6.61 Å². The Kier molecular flexibility index (Phi) is 11.3. The number of carbonyl (C=O) groups is 5. The fourth-order valence-corrected chi connectivity index (χ4v) is 10.1. The van der Waals surface area contributed by atoms with Crippen LogP contribution in [-0.2, 0) is 38.1 Å². The normalized spacial score (nSPS) is 33.7. The van der Waals surface area contributed by atoms with E-state index in [0.717, 1.165) is 0 Å². The first-order valence-electron chi connectivity index (χ1n) is 19.7. The summed E-state index contributed by atoms with van der Waals surface area (Å²) in [7, 11) is 0. The van der Waals surface area contributed by atoms with Crippen LogP contribution >= 0.6 is 0 Å². The van der Waals surface area contributed by atoms with E-state index in [2.05, 4.69) is 5.32 Å². The van der Waals surface area contributed by atoms with Crippen molar-refractivity contribution in [2.24, 2.45) is 22.7 Å². The first-order valence-corrected chi connectivity index (χ1v) is 19.7. The summed E-state index contributed by atoms with van der Waals surface area (Å²) in [6.45, 7) is 14.3. The lowest BCUT2D eigenvalue weighted by Gasteiger charge is -2.67. The quantitative estimate of drug-likeness (QED) is 0.165. The lowest BCUT2D eigenvalue weighted by molar-refractivity contribution is -0.345. The first-order chi connectivity index (χ1) is 27.0. The second-order valence-electron chi connectivity index (χ2n) is 17.9. The summed E-state index contributed by atoms with van der Waals surface area (Å²) < 4.78 is 29.9. The van der Waals surface area contributed by atoms with Gasteiger partial charge in [-0.3, -0.25) is 9.59 Å². The van der Waals surface area contributed by atoms with Gasteiger partial charge in [-0.2, -0.15) is 0 Å². The van der Waals surface area contributed by atoms with Crippen molar-refractivity contribution in [3.8, 4) is 0 Å². The molecule has 6 rings (SSSR count). The molecule has 1 amide bonds. The van der Waals surface area contributed by atoms with E-state index in [-0.39, 0.29) is 18.6 Å². The highest BCUT2D eigenvalue weighted by Gasteiger charge is 2.77. The molecule has 14 heteroatoms. The van der Waals surface area contributed by atoms with Crippen LogP contribution in [0.5, 0.6) is 0 Å². The second-order valence-corrected chi connectivity index (χ2v) is 17.9. The van der Waals surface area contributed by atoms with Crippen molar-refractivity contribution < 1.29 is 63.0 Å². The van der Waals surface area contributed by atoms with Crippen LogP contribution in [0.2, 0.25) is 0 Å². The Morgan fingerprint density at radius 1 is 0.966 bits per heavy atom. The third-order valence-corrected chi connectivity index (χ3v) is 12.9. The molecule has 1 unspecified atom stereocenters. The molecule has 3 fully saturated rings. The number of Topliss-reactive ketones (excluding diaryl/α,β-unsaturated/α-hetero) is 1. The molecule has 1 heterocycles. The van der Waals surface area contributed by atoms with Crippen molar-refractivity contribution in [1.29, 1.82) is 0 Å². The van der Waals surface area contributed by atoms with E-state index < -0.39 is 112 Å². The van der Waals surface area contributed by atoms with Gasteiger partial charge in [-0.15, -0.1) is 0 Å². The summed E-state index contributed by atoms with van der Waals surface area (Å²) in [5, 5.41) is 39.7. The van der Waals surface area contributed by atoms with Gasteiger partial charge in [0.25, 0.3) is 0 Å². The average Bonchev–Trinajstić information content (AvgIpc) is 3.14. The van der Waals surface area contributed by atoms with Crippen molar-refractivity contribution in [2.45, 2.75) is 129 Å². The zero-order valence-electron chi connectivity index (χ0n) is 34.4. The number of carbonyl (C=O) groups excluding carboxylic acids is 5. The van der Waals surface area contributed by atoms with E-state index in [1.54, 1.807) is 104 Å². The maximum Gasteiger partial charge on any atom is 0.408 e. The van der Waals surface area contributed by atoms with Crippen LogP contribution in [0.25, 0.3) is 0 Å². The molecule has 14 nitrogen and oxygen atoms in total. The van der Waals surface area contributed by atoms with E-state index in [4.69, 9.17) is 23.7 Å². The number of hydrogen-bond acceptors (Lipinski definition) is 13. The van der Waals surface area contributed by atoms with Crippen LogP contribution in [0.15, 0.2) is 71.8 Å². The lowest BCUT2D eigenvalue weighted by atomic mass is 9.43. The minimum atomic E-state index is -2.19. The number of fused-ring (bicyclic) bond motifs is 5. The summed E-state index contributed by atoms with van der Waals surface area (Å²) in [5.41, 5.74) is -6.56. The number of aliphatic hydroxyl groups excluding tert-OH is 2. The van der Waals surface area contributed by atoms with Crippen LogP contribution in [0.1, 0.15) is 97.1 Å². The molecule has 4 aliphatic rings. The molecule has 0 radical (unpaired) electrons. The molecule has 2 aromatic carbocycles. The third kappa shape index (κ3) is 7.11. The number of alkyl carbamates (subject to hydrolysis) is 1. The van der Waals surface area contributed by atoms with Crippen molar-refractivity contribution >= 4 is 29.8 Å². The fourth-order valence-electron chi connectivity index (χ4n) is 10.1. The van der Waals surface area contributed by atoms with Gasteiger partial charge >= 0.3 is 24.0 Å². The lowest BCUT2D eigenvalue weighted by Crippen LogP contribution is -2.81. The Hall–Kier alpha value is -4.63. The number of ketones is 1. The highest BCUT2D eigenvalue weighted by atomic mass is 16.6. The Labute approximate surface area is 338 Å². The topological polar surface area (TPSA) is 204 Å². The summed E-state index contributed by atoms with van der Waals surface area (Å²) in [6.07, 6.45) is -8.64.